The molecule has 0 saturated carbocycles. The van der Waals surface area contributed by atoms with E-state index in [9.17, 15) is 19.8 Å². The predicted octanol–water partition coefficient (Wildman–Crippen LogP) is 29.1. The second kappa shape index (κ2) is 40.6. The van der Waals surface area contributed by atoms with Crippen molar-refractivity contribution in [3.63, 3.8) is 0 Å². The first kappa shape index (κ1) is 89.1. The Labute approximate surface area is 810 Å². The fourth-order valence-electron chi connectivity index (χ4n) is 17.7. The number of rotatable bonds is 19. The van der Waals surface area contributed by atoms with Gasteiger partial charge in [0.1, 0.15) is 63.2 Å². The molecule has 16 heteroatoms. The van der Waals surface area contributed by atoms with Crippen LogP contribution in [-0.4, -0.2) is 63.9 Å². The molecule has 3 heterocycles. The van der Waals surface area contributed by atoms with E-state index in [1.807, 2.05) is 146 Å². The number of fused-ring (bicyclic) bond motifs is 21. The number of carbonyl (C=O) groups is 2. The summed E-state index contributed by atoms with van der Waals surface area (Å²) in [7, 11) is 4.84. The lowest BCUT2D eigenvalue weighted by Gasteiger charge is -2.17. The summed E-state index contributed by atoms with van der Waals surface area (Å²) in [6.45, 7) is 0.290. The van der Waals surface area contributed by atoms with Crippen molar-refractivity contribution in [3.8, 4) is 96.6 Å². The van der Waals surface area contributed by atoms with Gasteiger partial charge in [-0.15, -0.1) is 0 Å². The lowest BCUT2D eigenvalue weighted by Crippen LogP contribution is -2.08. The summed E-state index contributed by atoms with van der Waals surface area (Å²) < 4.78 is 66.4. The summed E-state index contributed by atoms with van der Waals surface area (Å²) in [6.07, 6.45) is 20.6. The van der Waals surface area contributed by atoms with Gasteiger partial charge in [-0.25, -0.2) is 9.59 Å². The number of hydrogen-bond acceptors (Lipinski definition) is 15. The Morgan fingerprint density at radius 3 is 0.717 bits per heavy atom. The van der Waals surface area contributed by atoms with Crippen molar-refractivity contribution in [2.45, 2.75) is 13.2 Å². The van der Waals surface area contributed by atoms with Crippen molar-refractivity contribution in [1.82, 2.24) is 0 Å². The smallest absolute Gasteiger partial charge is 0.343 e. The normalized spacial score (nSPS) is 12.4. The molecule has 19 aromatic carbocycles. The summed E-state index contributed by atoms with van der Waals surface area (Å²) in [5, 5.41) is 32.1. The van der Waals surface area contributed by atoms with E-state index in [-0.39, 0.29) is 33.6 Å². The minimum atomic E-state index is -0.448. The van der Waals surface area contributed by atoms with Gasteiger partial charge in [0.2, 0.25) is 20.4 Å². The van der Waals surface area contributed by atoms with Crippen LogP contribution in [0.15, 0.2) is 352 Å². The highest BCUT2D eigenvalue weighted by molar-refractivity contribution is 14.1. The van der Waals surface area contributed by atoms with Gasteiger partial charge in [0.25, 0.3) is 0 Å². The Morgan fingerprint density at radius 2 is 0.471 bits per heavy atom. The van der Waals surface area contributed by atoms with Crippen LogP contribution >= 0.6 is 22.6 Å². The molecule has 2 N–H and O–H groups in total. The Kier molecular flexibility index (Phi) is 26.2. The van der Waals surface area contributed by atoms with Gasteiger partial charge in [0, 0.05) is 61.2 Å². The van der Waals surface area contributed by atoms with Gasteiger partial charge < -0.3 is 62.3 Å². The van der Waals surface area contributed by atoms with Crippen LogP contribution in [0.1, 0.15) is 87.5 Å². The molecule has 3 aliphatic heterocycles. The second-order valence-electron chi connectivity index (χ2n) is 33.1. The fraction of sp³-hybridized carbons (Fsp3) is 0.0656. The van der Waals surface area contributed by atoms with Crippen molar-refractivity contribution in [2.75, 3.05) is 41.7 Å². The minimum absolute atomic E-state index is 0.000873. The number of hydrogen-bond donors (Lipinski definition) is 2. The standard InChI is InChI=1S/C53H38O8.C39H30O4.C30H21IO3/c1-56-42-27-19-36(20-28-42)52(54)60-44-23-13-34(14-24-44)11-17-40-31-38-7-3-5-9-46(38)48-49-47-10-6-4-8-39(47)32-41(51(49)59-33-58-50(40)48)18-12-35-15-25-45(26-16-35)61-53(55)37-21-29-43(57-2)30-22-37;40-23-28-13-9-26(10-14-28)17-19-32-21-30-5-1-3-7-34(30)36-37-35-8-4-2-6-31(35)22-33(39(37)43-25-42-38(32)36)20-18-27-11-15-29(24-41)16-12-27;1-32-23-14-11-19(12-15-23)10-13-22-16-20-6-2-4-8-24(20)27-28-25-9-5-3-7-21(25)17-26(31)30(28)34-18-33-29(22)27/h3-32H,33H2,1-2H3;1-22,40-41H,23-25H2;2-17H,18H2,1H3/b17-11+,18-12+;19-17-,20-18-;13-10+. The van der Waals surface area contributed by atoms with Crippen LogP contribution in [0.25, 0.3) is 159 Å². The number of methoxy groups -OCH3 is 3. The van der Waals surface area contributed by atoms with E-state index in [1.54, 1.807) is 94.1 Å². The third-order valence-electron chi connectivity index (χ3n) is 24.6. The van der Waals surface area contributed by atoms with E-state index in [0.717, 1.165) is 192 Å². The topological polar surface area (TPSA) is 176 Å². The molecule has 0 aromatic heterocycles. The highest BCUT2D eigenvalue weighted by atomic mass is 127. The van der Waals surface area contributed by atoms with Gasteiger partial charge in [-0.2, -0.15) is 0 Å². The number of halogens is 1. The van der Waals surface area contributed by atoms with Crippen LogP contribution in [0.3, 0.4) is 0 Å². The molecule has 0 atom stereocenters. The molecule has 138 heavy (non-hydrogen) atoms. The Bertz CT molecular complexity index is 7650. The van der Waals surface area contributed by atoms with E-state index >= 15 is 0 Å². The fourth-order valence-corrected chi connectivity index (χ4v) is 18.5. The van der Waals surface area contributed by atoms with Crippen LogP contribution in [0, 0.1) is 3.57 Å². The zero-order valence-electron chi connectivity index (χ0n) is 75.4. The quantitative estimate of drug-likeness (QED) is 0.0338. The maximum atomic E-state index is 12.7. The SMILES string of the molecule is COc1ccc(/C=C/c2cc3ccccc3c3c2OCOc2c(I)cc4ccccc4c2-3)cc1.COc1ccc(C(=O)Oc2ccc(/C=C/c3cc4ccccc4c4c3OCOc3c(/C=C/c5ccc(OC(=O)c6ccc(OC)cc6)cc5)cc5ccccc5c3-4)cc2)cc1.OCc1ccc(/C=C\c2cc3ccccc3c3c2OCOc2c(/C=C\c4ccc(CO)cc4)cc4ccccc4c2-3)cc1. The number of aliphatic hydroxyl groups is 2. The first-order valence-electron chi connectivity index (χ1n) is 45.0. The maximum Gasteiger partial charge on any atom is 0.343 e. The molecular formula is C122H89IO15. The molecule has 0 saturated heterocycles. The van der Waals surface area contributed by atoms with Gasteiger partial charge in [-0.1, -0.05) is 291 Å². The zero-order valence-corrected chi connectivity index (χ0v) is 77.5. The predicted molar refractivity (Wildman–Crippen MR) is 563 cm³/mol. The third-order valence-corrected chi connectivity index (χ3v) is 25.4. The van der Waals surface area contributed by atoms with Crippen LogP contribution in [0.4, 0.5) is 0 Å². The first-order valence-corrected chi connectivity index (χ1v) is 46.1. The highest BCUT2D eigenvalue weighted by Crippen LogP contribution is 2.55. The van der Waals surface area contributed by atoms with E-state index in [0.29, 0.717) is 45.6 Å². The molecule has 0 bridgehead atoms. The van der Waals surface area contributed by atoms with Crippen molar-refractivity contribution >= 4 is 160 Å². The first-order chi connectivity index (χ1) is 67.9. The average molecular weight is 1920 g/mol. The summed E-state index contributed by atoms with van der Waals surface area (Å²) >= 11 is 2.37. The summed E-state index contributed by atoms with van der Waals surface area (Å²) in [6, 6.07) is 115. The van der Waals surface area contributed by atoms with Crippen molar-refractivity contribution in [3.05, 3.63) is 433 Å². The van der Waals surface area contributed by atoms with Gasteiger partial charge in [0.05, 0.1) is 49.2 Å². The largest absolute Gasteiger partial charge is 0.497 e. The van der Waals surface area contributed by atoms with Gasteiger partial charge >= 0.3 is 11.9 Å². The molecule has 0 fully saturated rings. The van der Waals surface area contributed by atoms with Crippen molar-refractivity contribution in [2.24, 2.45) is 0 Å². The molecule has 19 aromatic rings. The van der Waals surface area contributed by atoms with Gasteiger partial charge in [-0.3, -0.25) is 0 Å². The Morgan fingerprint density at radius 1 is 0.261 bits per heavy atom. The molecule has 0 amide bonds. The zero-order chi connectivity index (χ0) is 94.0. The van der Waals surface area contributed by atoms with E-state index in [1.165, 1.54) is 5.39 Å². The second-order valence-corrected chi connectivity index (χ2v) is 34.2. The van der Waals surface area contributed by atoms with Gasteiger partial charge in [0.15, 0.2) is 0 Å². The molecule has 22 rings (SSSR count). The van der Waals surface area contributed by atoms with Crippen LogP contribution in [-0.2, 0) is 13.2 Å². The average Bonchev–Trinajstić information content (AvgIpc) is 1.37. The third kappa shape index (κ3) is 19.0. The molecule has 15 nitrogen and oxygen atoms in total. The van der Waals surface area contributed by atoms with E-state index < -0.39 is 11.9 Å². The number of aliphatic hydroxyl groups excluding tert-OH is 2. The van der Waals surface area contributed by atoms with E-state index in [2.05, 4.69) is 217 Å². The summed E-state index contributed by atoms with van der Waals surface area (Å²) in [4.78, 5) is 25.5. The van der Waals surface area contributed by atoms with Crippen molar-refractivity contribution < 1.29 is 71.9 Å². The maximum absolute atomic E-state index is 12.7. The monoisotopic (exact) mass is 1920 g/mol. The number of esters is 2. The van der Waals surface area contributed by atoms with Crippen LogP contribution in [0.2, 0.25) is 0 Å². The number of ether oxygens (including phenoxy) is 11. The number of carbonyl (C=O) groups excluding carboxylic acids is 2. The molecule has 0 unspecified atom stereocenters. The summed E-state index contributed by atoms with van der Waals surface area (Å²) in [5.41, 5.74) is 18.4. The van der Waals surface area contributed by atoms with E-state index in [4.69, 9.17) is 52.1 Å². The molecule has 0 aliphatic carbocycles. The lowest BCUT2D eigenvalue weighted by molar-refractivity contribution is 0.0725. The highest BCUT2D eigenvalue weighted by Gasteiger charge is 2.31. The molecule has 3 aliphatic rings. The Balaban J connectivity index is 0.000000134. The lowest BCUT2D eigenvalue weighted by atomic mass is 9.88. The van der Waals surface area contributed by atoms with Crippen LogP contribution in [0.5, 0.6) is 63.2 Å². The minimum Gasteiger partial charge on any atom is -0.497 e. The van der Waals surface area contributed by atoms with Crippen LogP contribution < -0.4 is 52.1 Å². The van der Waals surface area contributed by atoms with Gasteiger partial charge in [-0.05, 0) is 247 Å². The summed E-state index contributed by atoms with van der Waals surface area (Å²) in [5.74, 6) is 6.86. The Hall–Kier alpha value is -16.8. The molecular weight excluding hydrogens is 1830 g/mol. The number of benzene rings is 19. The molecule has 0 spiro atoms. The molecule has 674 valence electrons. The van der Waals surface area contributed by atoms with Crippen molar-refractivity contribution in [1.29, 1.82) is 0 Å². The molecule has 0 radical (unpaired) electrons.